The number of nitrogens with zero attached hydrogens (tertiary/aromatic N) is 3. The summed E-state index contributed by atoms with van der Waals surface area (Å²) < 4.78 is 0. The highest BCUT2D eigenvalue weighted by Crippen LogP contribution is 2.24. The van der Waals surface area contributed by atoms with Gasteiger partial charge in [0.2, 0.25) is 5.13 Å². The lowest BCUT2D eigenvalue weighted by Gasteiger charge is -2.13. The van der Waals surface area contributed by atoms with Crippen molar-refractivity contribution < 1.29 is 9.90 Å². The van der Waals surface area contributed by atoms with Gasteiger partial charge in [0.25, 0.3) is 0 Å². The van der Waals surface area contributed by atoms with E-state index in [1.807, 2.05) is 25.1 Å². The topological polar surface area (TPSA) is 100 Å². The molecule has 0 unspecified atom stereocenters. The zero-order valence-electron chi connectivity index (χ0n) is 10.9. The number of aromatic nitrogens is 3. The number of amides is 2. The van der Waals surface area contributed by atoms with Crippen molar-refractivity contribution in [1.29, 1.82) is 0 Å². The molecule has 2 rings (SSSR count). The third-order valence-electron chi connectivity index (χ3n) is 2.58. The molecule has 20 heavy (non-hydrogen) atoms. The SMILES string of the molecule is CC[C@@H](CO)NC(=O)Nc1nnc(-c2ccccn2)s1. The monoisotopic (exact) mass is 293 g/mol. The number of rotatable bonds is 5. The molecule has 0 aliphatic heterocycles. The van der Waals surface area contributed by atoms with E-state index in [1.165, 1.54) is 11.3 Å². The first kappa shape index (κ1) is 14.4. The van der Waals surface area contributed by atoms with E-state index in [0.717, 1.165) is 0 Å². The van der Waals surface area contributed by atoms with Crippen LogP contribution in [0.5, 0.6) is 0 Å². The highest BCUT2D eigenvalue weighted by molar-refractivity contribution is 7.18. The quantitative estimate of drug-likeness (QED) is 0.775. The van der Waals surface area contributed by atoms with Gasteiger partial charge in [0.15, 0.2) is 5.01 Å². The molecular formula is C12H15N5O2S. The average Bonchev–Trinajstić information content (AvgIpc) is 2.94. The maximum Gasteiger partial charge on any atom is 0.321 e. The molecule has 0 bridgehead atoms. The molecule has 7 nitrogen and oxygen atoms in total. The van der Waals surface area contributed by atoms with Crippen molar-refractivity contribution in [3.63, 3.8) is 0 Å². The molecule has 1 atom stereocenters. The number of aliphatic hydroxyl groups excluding tert-OH is 1. The van der Waals surface area contributed by atoms with E-state index in [0.29, 0.717) is 22.3 Å². The van der Waals surface area contributed by atoms with Gasteiger partial charge in [-0.1, -0.05) is 24.3 Å². The summed E-state index contributed by atoms with van der Waals surface area (Å²) in [6.07, 6.45) is 2.32. The average molecular weight is 293 g/mol. The van der Waals surface area contributed by atoms with Crippen molar-refractivity contribution in [2.45, 2.75) is 19.4 Å². The Morgan fingerprint density at radius 3 is 2.95 bits per heavy atom. The molecule has 8 heteroatoms. The standard InChI is InChI=1S/C12H15N5O2S/c1-2-8(7-18)14-11(19)15-12-17-16-10(20-12)9-5-3-4-6-13-9/h3-6,8,18H,2,7H2,1H3,(H2,14,15,17,19)/t8-/m0/s1. The van der Waals surface area contributed by atoms with Crippen LogP contribution in [0, 0.1) is 0 Å². The van der Waals surface area contributed by atoms with Crippen LogP contribution in [-0.4, -0.2) is 39.0 Å². The van der Waals surface area contributed by atoms with Gasteiger partial charge < -0.3 is 10.4 Å². The minimum absolute atomic E-state index is 0.0980. The molecule has 0 radical (unpaired) electrons. The minimum Gasteiger partial charge on any atom is -0.394 e. The smallest absolute Gasteiger partial charge is 0.321 e. The van der Waals surface area contributed by atoms with Crippen molar-refractivity contribution >= 4 is 22.5 Å². The van der Waals surface area contributed by atoms with Crippen LogP contribution < -0.4 is 10.6 Å². The van der Waals surface area contributed by atoms with Gasteiger partial charge in [-0.15, -0.1) is 10.2 Å². The summed E-state index contributed by atoms with van der Waals surface area (Å²) in [5, 5.41) is 23.1. The predicted molar refractivity (Wildman–Crippen MR) is 76.5 cm³/mol. The lowest BCUT2D eigenvalue weighted by Crippen LogP contribution is -2.39. The first-order valence-electron chi connectivity index (χ1n) is 6.16. The number of carbonyl (C=O) groups excluding carboxylic acids is 1. The maximum atomic E-state index is 11.7. The largest absolute Gasteiger partial charge is 0.394 e. The summed E-state index contributed by atoms with van der Waals surface area (Å²) in [4.78, 5) is 15.8. The van der Waals surface area contributed by atoms with E-state index in [-0.39, 0.29) is 12.6 Å². The molecule has 0 spiro atoms. The van der Waals surface area contributed by atoms with Crippen LogP contribution in [0.3, 0.4) is 0 Å². The van der Waals surface area contributed by atoms with E-state index in [1.54, 1.807) is 6.20 Å². The number of hydrogen-bond acceptors (Lipinski definition) is 6. The van der Waals surface area contributed by atoms with Crippen molar-refractivity contribution in [3.05, 3.63) is 24.4 Å². The molecule has 2 aromatic rings. The zero-order chi connectivity index (χ0) is 14.4. The minimum atomic E-state index is -0.408. The molecule has 0 aliphatic carbocycles. The van der Waals surface area contributed by atoms with E-state index >= 15 is 0 Å². The molecular weight excluding hydrogens is 278 g/mol. The highest BCUT2D eigenvalue weighted by atomic mass is 32.1. The Morgan fingerprint density at radius 2 is 2.30 bits per heavy atom. The number of urea groups is 1. The number of pyridine rings is 1. The van der Waals surface area contributed by atoms with Gasteiger partial charge >= 0.3 is 6.03 Å². The number of carbonyl (C=O) groups is 1. The lowest BCUT2D eigenvalue weighted by atomic mass is 10.2. The predicted octanol–water partition coefficient (Wildman–Crippen LogP) is 1.49. The molecule has 0 saturated heterocycles. The molecule has 106 valence electrons. The summed E-state index contributed by atoms with van der Waals surface area (Å²) in [6.45, 7) is 1.78. The van der Waals surface area contributed by atoms with E-state index in [4.69, 9.17) is 5.11 Å². The third-order valence-corrected chi connectivity index (χ3v) is 3.44. The van der Waals surface area contributed by atoms with Crippen LogP contribution >= 0.6 is 11.3 Å². The van der Waals surface area contributed by atoms with Gasteiger partial charge in [-0.05, 0) is 18.6 Å². The number of nitrogens with one attached hydrogen (secondary N) is 2. The number of hydrogen-bond donors (Lipinski definition) is 3. The first-order valence-corrected chi connectivity index (χ1v) is 6.98. The molecule has 0 fully saturated rings. The van der Waals surface area contributed by atoms with Crippen LogP contribution in [-0.2, 0) is 0 Å². The van der Waals surface area contributed by atoms with Gasteiger partial charge in [0, 0.05) is 6.20 Å². The molecule has 3 N–H and O–H groups in total. The molecule has 2 amide bonds. The Bertz CT molecular complexity index is 556. The highest BCUT2D eigenvalue weighted by Gasteiger charge is 2.12. The molecule has 2 aromatic heterocycles. The van der Waals surface area contributed by atoms with E-state index < -0.39 is 6.03 Å². The van der Waals surface area contributed by atoms with Gasteiger partial charge in [0.1, 0.15) is 5.69 Å². The normalized spacial score (nSPS) is 11.9. The molecule has 2 heterocycles. The van der Waals surface area contributed by atoms with Crippen molar-refractivity contribution in [2.24, 2.45) is 0 Å². The van der Waals surface area contributed by atoms with Crippen molar-refractivity contribution in [2.75, 3.05) is 11.9 Å². The van der Waals surface area contributed by atoms with Gasteiger partial charge in [-0.25, -0.2) is 4.79 Å². The fourth-order valence-electron chi connectivity index (χ4n) is 1.46. The van der Waals surface area contributed by atoms with Crippen molar-refractivity contribution in [1.82, 2.24) is 20.5 Å². The van der Waals surface area contributed by atoms with Crippen LogP contribution in [0.4, 0.5) is 9.93 Å². The van der Waals surface area contributed by atoms with Gasteiger partial charge in [-0.3, -0.25) is 10.3 Å². The Morgan fingerprint density at radius 1 is 1.45 bits per heavy atom. The molecule has 0 saturated carbocycles. The summed E-state index contributed by atoms with van der Waals surface area (Å²) in [5.74, 6) is 0. The molecule has 0 aromatic carbocycles. The first-order chi connectivity index (χ1) is 9.72. The van der Waals surface area contributed by atoms with Crippen LogP contribution in [0.25, 0.3) is 10.7 Å². The zero-order valence-corrected chi connectivity index (χ0v) is 11.7. The Balaban J connectivity index is 1.98. The third kappa shape index (κ3) is 3.72. The summed E-state index contributed by atoms with van der Waals surface area (Å²) in [5.41, 5.74) is 0.709. The Kier molecular flexibility index (Phi) is 4.97. The second-order valence-electron chi connectivity index (χ2n) is 4.01. The summed E-state index contributed by atoms with van der Waals surface area (Å²) in [7, 11) is 0. The second kappa shape index (κ2) is 6.92. The van der Waals surface area contributed by atoms with Crippen LogP contribution in [0.2, 0.25) is 0 Å². The second-order valence-corrected chi connectivity index (χ2v) is 4.99. The summed E-state index contributed by atoms with van der Waals surface area (Å²) in [6, 6.07) is 4.82. The maximum absolute atomic E-state index is 11.7. The fraction of sp³-hybridized carbons (Fsp3) is 0.333. The van der Waals surface area contributed by atoms with E-state index in [2.05, 4.69) is 25.8 Å². The van der Waals surface area contributed by atoms with Gasteiger partial charge in [0.05, 0.1) is 12.6 Å². The molecule has 0 aliphatic rings. The van der Waals surface area contributed by atoms with Crippen LogP contribution in [0.15, 0.2) is 24.4 Å². The van der Waals surface area contributed by atoms with Crippen molar-refractivity contribution in [3.8, 4) is 10.7 Å². The number of aliphatic hydroxyl groups is 1. The van der Waals surface area contributed by atoms with Gasteiger partial charge in [-0.2, -0.15) is 0 Å². The Labute approximate surface area is 120 Å². The Hall–Kier alpha value is -2.06. The fourth-order valence-corrected chi connectivity index (χ4v) is 2.18. The summed E-state index contributed by atoms with van der Waals surface area (Å²) >= 11 is 1.24. The number of anilines is 1. The van der Waals surface area contributed by atoms with E-state index in [9.17, 15) is 4.79 Å². The van der Waals surface area contributed by atoms with Crippen LogP contribution in [0.1, 0.15) is 13.3 Å². The lowest BCUT2D eigenvalue weighted by molar-refractivity contribution is 0.222.